The highest BCUT2D eigenvalue weighted by Crippen LogP contribution is 2.45. The zero-order valence-corrected chi connectivity index (χ0v) is 16.2. The molecule has 2 heterocycles. The van der Waals surface area contributed by atoms with Gasteiger partial charge >= 0.3 is 6.18 Å². The number of hydrogen-bond donors (Lipinski definition) is 2. The van der Waals surface area contributed by atoms with Crippen molar-refractivity contribution in [2.24, 2.45) is 5.92 Å². The van der Waals surface area contributed by atoms with Gasteiger partial charge in [0.1, 0.15) is 16.9 Å². The Labute approximate surface area is 168 Å². The lowest BCUT2D eigenvalue weighted by Crippen LogP contribution is -2.21. The Balaban J connectivity index is 1.92. The maximum absolute atomic E-state index is 14.3. The number of rotatable bonds is 5. The van der Waals surface area contributed by atoms with Crippen molar-refractivity contribution in [3.8, 4) is 0 Å². The van der Waals surface area contributed by atoms with Crippen LogP contribution in [-0.4, -0.2) is 39.0 Å². The average Bonchev–Trinajstić information content (AvgIpc) is 3.42. The number of anilines is 1. The monoisotopic (exact) mass is 425 g/mol. The molecule has 1 aliphatic rings. The highest BCUT2D eigenvalue weighted by molar-refractivity contribution is 5.78. The zero-order chi connectivity index (χ0) is 21.8. The minimum Gasteiger partial charge on any atom is -0.390 e. The molecule has 0 bridgehead atoms. The molecular weight excluding hydrogens is 406 g/mol. The highest BCUT2D eigenvalue weighted by Gasteiger charge is 2.39. The van der Waals surface area contributed by atoms with Gasteiger partial charge in [-0.25, -0.2) is 9.07 Å². The minimum atomic E-state index is -4.80. The van der Waals surface area contributed by atoms with Gasteiger partial charge in [0, 0.05) is 14.1 Å². The summed E-state index contributed by atoms with van der Waals surface area (Å²) in [5.41, 5.74) is -1.25. The number of aromatic amines is 1. The van der Waals surface area contributed by atoms with Gasteiger partial charge in [-0.1, -0.05) is 6.07 Å². The minimum absolute atomic E-state index is 0.000302. The van der Waals surface area contributed by atoms with Crippen molar-refractivity contribution in [3.63, 3.8) is 0 Å². The van der Waals surface area contributed by atoms with E-state index in [0.717, 1.165) is 18.9 Å². The highest BCUT2D eigenvalue weighted by atomic mass is 19.4. The van der Waals surface area contributed by atoms with Crippen molar-refractivity contribution in [2.75, 3.05) is 19.0 Å². The van der Waals surface area contributed by atoms with Crippen molar-refractivity contribution < 1.29 is 22.7 Å². The van der Waals surface area contributed by atoms with Crippen LogP contribution in [0, 0.1) is 11.7 Å². The number of aromatic nitrogens is 4. The number of aliphatic hydroxyl groups excluding tert-OH is 1. The van der Waals surface area contributed by atoms with Crippen LogP contribution in [0.2, 0.25) is 0 Å². The summed E-state index contributed by atoms with van der Waals surface area (Å²) in [6.07, 6.45) is -3.25. The first-order valence-corrected chi connectivity index (χ1v) is 9.28. The third-order valence-corrected chi connectivity index (χ3v) is 5.17. The van der Waals surface area contributed by atoms with Crippen molar-refractivity contribution >= 4 is 17.0 Å². The van der Waals surface area contributed by atoms with E-state index in [-0.39, 0.29) is 28.6 Å². The second-order valence-electron chi connectivity index (χ2n) is 7.55. The van der Waals surface area contributed by atoms with Crippen LogP contribution in [0.5, 0.6) is 0 Å². The molecule has 0 unspecified atom stereocenters. The van der Waals surface area contributed by atoms with E-state index in [1.54, 1.807) is 19.0 Å². The van der Waals surface area contributed by atoms with Crippen LogP contribution in [0.3, 0.4) is 0 Å². The van der Waals surface area contributed by atoms with Gasteiger partial charge in [-0.2, -0.15) is 23.3 Å². The van der Waals surface area contributed by atoms with E-state index < -0.39 is 35.8 Å². The first-order chi connectivity index (χ1) is 14.1. The summed E-state index contributed by atoms with van der Waals surface area (Å²) in [4.78, 5) is 21.2. The van der Waals surface area contributed by atoms with E-state index >= 15 is 0 Å². The van der Waals surface area contributed by atoms with Gasteiger partial charge < -0.3 is 10.0 Å². The molecule has 2 N–H and O–H groups in total. The molecule has 1 fully saturated rings. The summed E-state index contributed by atoms with van der Waals surface area (Å²) < 4.78 is 54.6. The van der Waals surface area contributed by atoms with Crippen molar-refractivity contribution in [3.05, 3.63) is 51.2 Å². The number of nitrogens with zero attached hydrogens (tertiary/aromatic N) is 4. The summed E-state index contributed by atoms with van der Waals surface area (Å²) >= 11 is 0. The van der Waals surface area contributed by atoms with Crippen LogP contribution in [0.4, 0.5) is 23.5 Å². The second-order valence-corrected chi connectivity index (χ2v) is 7.55. The van der Waals surface area contributed by atoms with E-state index in [9.17, 15) is 27.5 Å². The molecular formula is C19H19F4N5O2. The lowest BCUT2D eigenvalue weighted by Gasteiger charge is -2.20. The van der Waals surface area contributed by atoms with E-state index in [2.05, 4.69) is 15.1 Å². The number of alkyl halides is 3. The number of benzene rings is 1. The third kappa shape index (κ3) is 3.42. The van der Waals surface area contributed by atoms with Crippen molar-refractivity contribution in [1.82, 2.24) is 19.7 Å². The summed E-state index contributed by atoms with van der Waals surface area (Å²) in [5, 5.41) is 14.1. The molecule has 4 rings (SSSR count). The molecule has 0 aliphatic heterocycles. The molecule has 1 atom stereocenters. The number of fused-ring (bicyclic) bond motifs is 1. The van der Waals surface area contributed by atoms with Gasteiger partial charge in [0.15, 0.2) is 5.65 Å². The largest absolute Gasteiger partial charge is 0.419 e. The fraction of sp³-hybridized carbons (Fsp3) is 0.421. The Morgan fingerprint density at radius 1 is 1.33 bits per heavy atom. The lowest BCUT2D eigenvalue weighted by atomic mass is 10.0. The Bertz CT molecular complexity index is 1160. The zero-order valence-electron chi connectivity index (χ0n) is 16.2. The number of H-pyrrole nitrogens is 1. The lowest BCUT2D eigenvalue weighted by molar-refractivity contribution is -0.140. The third-order valence-electron chi connectivity index (χ3n) is 5.17. The SMILES string of the molecule is CN(C)c1nc2c(c(CO)nn2[C@H](c2ccc(C(F)(F)F)c(F)c2)C2CC2)c(=O)[nH]1. The first-order valence-electron chi connectivity index (χ1n) is 9.28. The molecule has 0 spiro atoms. The van der Waals surface area contributed by atoms with Crippen LogP contribution in [-0.2, 0) is 12.8 Å². The summed E-state index contributed by atoms with van der Waals surface area (Å²) in [6, 6.07) is 2.18. The first kappa shape index (κ1) is 20.3. The molecule has 30 heavy (non-hydrogen) atoms. The van der Waals surface area contributed by atoms with E-state index in [1.807, 2.05) is 0 Å². The van der Waals surface area contributed by atoms with E-state index in [4.69, 9.17) is 0 Å². The van der Waals surface area contributed by atoms with Crippen LogP contribution in [0.15, 0.2) is 23.0 Å². The number of aliphatic hydroxyl groups is 1. The smallest absolute Gasteiger partial charge is 0.390 e. The predicted octanol–water partition coefficient (Wildman–Crippen LogP) is 2.84. The fourth-order valence-corrected chi connectivity index (χ4v) is 3.59. The Kier molecular flexibility index (Phi) is 4.80. The maximum Gasteiger partial charge on any atom is 0.419 e. The normalized spacial score (nSPS) is 15.6. The number of halogens is 4. The molecule has 11 heteroatoms. The maximum atomic E-state index is 14.3. The van der Waals surface area contributed by atoms with Crippen molar-refractivity contribution in [1.29, 1.82) is 0 Å². The molecule has 0 amide bonds. The molecule has 1 aromatic carbocycles. The van der Waals surface area contributed by atoms with Crippen LogP contribution in [0.1, 0.15) is 35.7 Å². The van der Waals surface area contributed by atoms with Crippen LogP contribution in [0.25, 0.3) is 11.0 Å². The quantitative estimate of drug-likeness (QED) is 0.614. The molecule has 160 valence electrons. The molecule has 7 nitrogen and oxygen atoms in total. The Morgan fingerprint density at radius 3 is 2.57 bits per heavy atom. The van der Waals surface area contributed by atoms with E-state index in [1.165, 1.54) is 10.7 Å². The van der Waals surface area contributed by atoms with E-state index in [0.29, 0.717) is 11.6 Å². The Morgan fingerprint density at radius 2 is 2.03 bits per heavy atom. The van der Waals surface area contributed by atoms with Crippen molar-refractivity contribution in [2.45, 2.75) is 31.7 Å². The molecule has 0 radical (unpaired) electrons. The average molecular weight is 425 g/mol. The predicted molar refractivity (Wildman–Crippen MR) is 101 cm³/mol. The Hall–Kier alpha value is -2.95. The summed E-state index contributed by atoms with van der Waals surface area (Å²) in [5.74, 6) is -1.12. The van der Waals surface area contributed by atoms with Gasteiger partial charge in [-0.05, 0) is 36.5 Å². The standard InChI is InChI=1S/C19H19F4N5O2/c1-27(2)18-24-16-14(17(30)25-18)13(8-29)26-28(16)15(9-3-4-9)10-5-6-11(12(20)7-10)19(21,22)23/h5-7,9,15,29H,3-4,8H2,1-2H3,(H,24,25,30)/t15-/m0/s1. The molecule has 0 saturated heterocycles. The van der Waals surface area contributed by atoms with Crippen LogP contribution < -0.4 is 10.5 Å². The molecule has 2 aromatic heterocycles. The van der Waals surface area contributed by atoms with Gasteiger partial charge in [0.25, 0.3) is 5.56 Å². The molecule has 3 aromatic rings. The van der Waals surface area contributed by atoms with Gasteiger partial charge in [-0.15, -0.1) is 0 Å². The molecule has 1 saturated carbocycles. The fourth-order valence-electron chi connectivity index (χ4n) is 3.59. The summed E-state index contributed by atoms with van der Waals surface area (Å²) in [7, 11) is 3.36. The number of nitrogens with one attached hydrogen (secondary N) is 1. The van der Waals surface area contributed by atoms with Crippen LogP contribution >= 0.6 is 0 Å². The summed E-state index contributed by atoms with van der Waals surface area (Å²) in [6.45, 7) is -0.520. The number of hydrogen-bond acceptors (Lipinski definition) is 5. The van der Waals surface area contributed by atoms with Gasteiger partial charge in [-0.3, -0.25) is 9.78 Å². The van der Waals surface area contributed by atoms with Gasteiger partial charge in [0.05, 0.1) is 18.2 Å². The molecule has 1 aliphatic carbocycles. The van der Waals surface area contributed by atoms with Gasteiger partial charge in [0.2, 0.25) is 5.95 Å². The second kappa shape index (κ2) is 7.08. The topological polar surface area (TPSA) is 87.0 Å².